The number of benzene rings is 1. The van der Waals surface area contributed by atoms with Crippen molar-refractivity contribution in [1.82, 2.24) is 4.90 Å². The van der Waals surface area contributed by atoms with Crippen LogP contribution in [0.4, 0.5) is 0 Å². The third-order valence-corrected chi connectivity index (χ3v) is 4.77. The van der Waals surface area contributed by atoms with Crippen molar-refractivity contribution in [2.75, 3.05) is 26.0 Å². The van der Waals surface area contributed by atoms with Crippen LogP contribution in [0.25, 0.3) is 0 Å². The van der Waals surface area contributed by atoms with Crippen LogP contribution >= 0.6 is 0 Å². The molecule has 0 saturated carbocycles. The normalized spacial score (nSPS) is 18.6. The Morgan fingerprint density at radius 2 is 2.00 bits per heavy atom. The number of hydrogen-bond donors (Lipinski definition) is 1. The summed E-state index contributed by atoms with van der Waals surface area (Å²) in [4.78, 5) is 2.68. The lowest BCUT2D eigenvalue weighted by Gasteiger charge is -2.27. The van der Waals surface area contributed by atoms with Crippen molar-refractivity contribution in [2.45, 2.75) is 30.2 Å². The molecule has 19 heavy (non-hydrogen) atoms. The summed E-state index contributed by atoms with van der Waals surface area (Å²) in [7, 11) is -3.18. The van der Waals surface area contributed by atoms with Gasteiger partial charge in [0.25, 0.3) is 0 Å². The van der Waals surface area contributed by atoms with Crippen LogP contribution in [-0.2, 0) is 9.84 Å². The van der Waals surface area contributed by atoms with Crippen molar-refractivity contribution in [3.8, 4) is 0 Å². The monoisotopic (exact) mass is 283 g/mol. The average Bonchev–Trinajstić information content (AvgIpc) is 2.88. The fourth-order valence-corrected chi connectivity index (χ4v) is 3.36. The highest BCUT2D eigenvalue weighted by Gasteiger charge is 2.23. The summed E-state index contributed by atoms with van der Waals surface area (Å²) >= 11 is 0. The summed E-state index contributed by atoms with van der Waals surface area (Å²) in [5.41, 5.74) is 0.985. The van der Waals surface area contributed by atoms with Gasteiger partial charge in [0.2, 0.25) is 0 Å². The molecule has 1 heterocycles. The first kappa shape index (κ1) is 14.5. The SMILES string of the molecule is CS(=O)(=O)c1cccc(C(CCO)N2CCCC2)c1. The number of rotatable bonds is 5. The van der Waals surface area contributed by atoms with E-state index in [2.05, 4.69) is 4.90 Å². The highest BCUT2D eigenvalue weighted by molar-refractivity contribution is 7.90. The van der Waals surface area contributed by atoms with Gasteiger partial charge in [0, 0.05) is 18.9 Å². The fourth-order valence-electron chi connectivity index (χ4n) is 2.69. The molecule has 0 aliphatic carbocycles. The van der Waals surface area contributed by atoms with Gasteiger partial charge >= 0.3 is 0 Å². The standard InChI is InChI=1S/C14H21NO3S/c1-19(17,18)13-6-4-5-12(11-13)14(7-10-16)15-8-2-3-9-15/h4-6,11,14,16H,2-3,7-10H2,1H3. The molecule has 1 atom stereocenters. The Kier molecular flexibility index (Phi) is 4.60. The van der Waals surface area contributed by atoms with E-state index in [1.807, 2.05) is 6.07 Å². The van der Waals surface area contributed by atoms with E-state index in [0.29, 0.717) is 11.3 Å². The molecular weight excluding hydrogens is 262 g/mol. The molecule has 1 aromatic carbocycles. The van der Waals surface area contributed by atoms with Crippen LogP contribution in [0, 0.1) is 0 Å². The Labute approximate surface area is 115 Å². The predicted molar refractivity (Wildman–Crippen MR) is 74.8 cm³/mol. The molecule has 1 aliphatic heterocycles. The molecular formula is C14H21NO3S. The zero-order valence-electron chi connectivity index (χ0n) is 11.2. The van der Waals surface area contributed by atoms with Gasteiger partial charge in [-0.3, -0.25) is 4.90 Å². The van der Waals surface area contributed by atoms with E-state index < -0.39 is 9.84 Å². The summed E-state index contributed by atoms with van der Waals surface area (Å²) in [6, 6.07) is 7.22. The zero-order chi connectivity index (χ0) is 13.9. The van der Waals surface area contributed by atoms with Crippen LogP contribution in [0.2, 0.25) is 0 Å². The van der Waals surface area contributed by atoms with Crippen LogP contribution in [0.5, 0.6) is 0 Å². The lowest BCUT2D eigenvalue weighted by molar-refractivity contribution is 0.185. The fraction of sp³-hybridized carbons (Fsp3) is 0.571. The predicted octanol–water partition coefficient (Wildman–Crippen LogP) is 1.61. The molecule has 1 N–H and O–H groups in total. The molecule has 2 rings (SSSR count). The van der Waals surface area contributed by atoms with Crippen LogP contribution < -0.4 is 0 Å². The van der Waals surface area contributed by atoms with Gasteiger partial charge in [0.05, 0.1) is 4.90 Å². The lowest BCUT2D eigenvalue weighted by atomic mass is 10.0. The van der Waals surface area contributed by atoms with Crippen LogP contribution in [-0.4, -0.2) is 44.4 Å². The molecule has 5 heteroatoms. The molecule has 1 saturated heterocycles. The third-order valence-electron chi connectivity index (χ3n) is 3.65. The minimum absolute atomic E-state index is 0.115. The van der Waals surface area contributed by atoms with Crippen molar-refractivity contribution >= 4 is 9.84 Å². The Bertz CT molecular complexity index is 521. The minimum Gasteiger partial charge on any atom is -0.396 e. The number of aliphatic hydroxyl groups excluding tert-OH is 1. The van der Waals surface area contributed by atoms with Crippen LogP contribution in [0.3, 0.4) is 0 Å². The maximum atomic E-state index is 11.6. The van der Waals surface area contributed by atoms with E-state index in [1.165, 1.54) is 19.1 Å². The maximum Gasteiger partial charge on any atom is 0.175 e. The van der Waals surface area contributed by atoms with Crippen LogP contribution in [0.15, 0.2) is 29.2 Å². The number of likely N-dealkylation sites (tertiary alicyclic amines) is 1. The van der Waals surface area contributed by atoms with Gasteiger partial charge in [0.1, 0.15) is 0 Å². The molecule has 1 aliphatic rings. The van der Waals surface area contributed by atoms with E-state index in [0.717, 1.165) is 18.7 Å². The smallest absolute Gasteiger partial charge is 0.175 e. The van der Waals surface area contributed by atoms with Gasteiger partial charge < -0.3 is 5.11 Å². The largest absolute Gasteiger partial charge is 0.396 e. The van der Waals surface area contributed by atoms with Crippen molar-refractivity contribution in [3.63, 3.8) is 0 Å². The second-order valence-electron chi connectivity index (χ2n) is 5.12. The van der Waals surface area contributed by atoms with Crippen molar-refractivity contribution in [2.24, 2.45) is 0 Å². The first-order chi connectivity index (χ1) is 9.02. The van der Waals surface area contributed by atoms with Gasteiger partial charge in [-0.2, -0.15) is 0 Å². The van der Waals surface area contributed by atoms with Gasteiger partial charge in [-0.05, 0) is 50.0 Å². The minimum atomic E-state index is -3.18. The zero-order valence-corrected chi connectivity index (χ0v) is 12.1. The van der Waals surface area contributed by atoms with E-state index in [9.17, 15) is 13.5 Å². The molecule has 106 valence electrons. The summed E-state index contributed by atoms with van der Waals surface area (Å²) in [6.45, 7) is 2.16. The van der Waals surface area contributed by atoms with Gasteiger partial charge in [0.15, 0.2) is 9.84 Å². The first-order valence-corrected chi connectivity index (χ1v) is 8.56. The van der Waals surface area contributed by atoms with E-state index in [1.54, 1.807) is 18.2 Å². The Morgan fingerprint density at radius 1 is 1.32 bits per heavy atom. The van der Waals surface area contributed by atoms with Gasteiger partial charge in [-0.1, -0.05) is 12.1 Å². The Morgan fingerprint density at radius 3 is 2.58 bits per heavy atom. The third kappa shape index (κ3) is 3.55. The van der Waals surface area contributed by atoms with E-state index >= 15 is 0 Å². The second kappa shape index (κ2) is 6.03. The van der Waals surface area contributed by atoms with Gasteiger partial charge in [-0.25, -0.2) is 8.42 Å². The number of aliphatic hydroxyl groups is 1. The number of nitrogens with zero attached hydrogens (tertiary/aromatic N) is 1. The molecule has 0 aromatic heterocycles. The Balaban J connectivity index is 2.31. The maximum absolute atomic E-state index is 11.6. The molecule has 0 radical (unpaired) electrons. The molecule has 1 aromatic rings. The van der Waals surface area contributed by atoms with E-state index in [-0.39, 0.29) is 12.6 Å². The summed E-state index contributed by atoms with van der Waals surface area (Å²) in [5.74, 6) is 0. The van der Waals surface area contributed by atoms with Gasteiger partial charge in [-0.15, -0.1) is 0 Å². The van der Waals surface area contributed by atoms with Crippen LogP contribution in [0.1, 0.15) is 30.9 Å². The lowest BCUT2D eigenvalue weighted by Crippen LogP contribution is -2.26. The molecule has 1 unspecified atom stereocenters. The molecule has 0 amide bonds. The van der Waals surface area contributed by atoms with Crippen molar-refractivity contribution in [1.29, 1.82) is 0 Å². The first-order valence-electron chi connectivity index (χ1n) is 6.67. The topological polar surface area (TPSA) is 57.6 Å². The van der Waals surface area contributed by atoms with Crippen molar-refractivity contribution in [3.05, 3.63) is 29.8 Å². The summed E-state index contributed by atoms with van der Waals surface area (Å²) < 4.78 is 23.2. The summed E-state index contributed by atoms with van der Waals surface area (Å²) in [6.07, 6.45) is 4.22. The highest BCUT2D eigenvalue weighted by Crippen LogP contribution is 2.29. The molecule has 4 nitrogen and oxygen atoms in total. The molecule has 0 bridgehead atoms. The number of sulfone groups is 1. The number of hydrogen-bond acceptors (Lipinski definition) is 4. The van der Waals surface area contributed by atoms with Crippen molar-refractivity contribution < 1.29 is 13.5 Å². The molecule has 0 spiro atoms. The average molecular weight is 283 g/mol. The highest BCUT2D eigenvalue weighted by atomic mass is 32.2. The quantitative estimate of drug-likeness (QED) is 0.892. The van der Waals surface area contributed by atoms with E-state index in [4.69, 9.17) is 0 Å². The Hall–Kier alpha value is -0.910. The second-order valence-corrected chi connectivity index (χ2v) is 7.13. The molecule has 1 fully saturated rings. The summed E-state index contributed by atoms with van der Waals surface area (Å²) in [5, 5.41) is 9.24.